The van der Waals surface area contributed by atoms with Crippen LogP contribution in [0, 0.1) is 17.2 Å². The van der Waals surface area contributed by atoms with Crippen LogP contribution in [-0.4, -0.2) is 30.0 Å². The van der Waals surface area contributed by atoms with Crippen LogP contribution in [0.4, 0.5) is 0 Å². The molecule has 0 N–H and O–H groups in total. The zero-order valence-corrected chi connectivity index (χ0v) is 10.1. The molecule has 3 nitrogen and oxygen atoms in total. The summed E-state index contributed by atoms with van der Waals surface area (Å²) in [6.45, 7) is 3.91. The number of nitrogens with zero attached hydrogens (tertiary/aromatic N) is 3. The molecule has 1 atom stereocenters. The molecule has 0 saturated heterocycles. The smallest absolute Gasteiger partial charge is 0.0669 e. The summed E-state index contributed by atoms with van der Waals surface area (Å²) in [5, 5.41) is 8.88. The van der Waals surface area contributed by atoms with E-state index < -0.39 is 0 Å². The lowest BCUT2D eigenvalue weighted by Crippen LogP contribution is -2.27. The van der Waals surface area contributed by atoms with Crippen LogP contribution in [0.2, 0.25) is 0 Å². The summed E-state index contributed by atoms with van der Waals surface area (Å²) >= 11 is 0. The monoisotopic (exact) mass is 217 g/mol. The van der Waals surface area contributed by atoms with Gasteiger partial charge in [-0.15, -0.1) is 0 Å². The number of nitriles is 1. The molecule has 0 amide bonds. The summed E-state index contributed by atoms with van der Waals surface area (Å²) in [5.41, 5.74) is 1.30. The molecule has 1 aromatic heterocycles. The minimum atomic E-state index is 0.155. The molecule has 0 saturated carbocycles. The zero-order valence-electron chi connectivity index (χ0n) is 10.1. The molecule has 0 fully saturated rings. The molecular formula is C13H19N3. The number of hydrogen-bond acceptors (Lipinski definition) is 3. The molecule has 86 valence electrons. The van der Waals surface area contributed by atoms with E-state index in [1.54, 1.807) is 0 Å². The maximum atomic E-state index is 8.88. The molecule has 0 aliphatic carbocycles. The van der Waals surface area contributed by atoms with E-state index in [0.717, 1.165) is 25.9 Å². The largest absolute Gasteiger partial charge is 0.305 e. The average Bonchev–Trinajstić information content (AvgIpc) is 2.34. The lowest BCUT2D eigenvalue weighted by atomic mass is 10.1. The fraction of sp³-hybridized carbons (Fsp3) is 0.538. The molecule has 1 unspecified atom stereocenters. The lowest BCUT2D eigenvalue weighted by molar-refractivity contribution is 0.303. The summed E-state index contributed by atoms with van der Waals surface area (Å²) in [7, 11) is 2.07. The van der Waals surface area contributed by atoms with E-state index in [1.807, 2.05) is 24.5 Å². The van der Waals surface area contributed by atoms with E-state index in [1.165, 1.54) is 5.56 Å². The molecule has 0 aliphatic rings. The Balaban J connectivity index is 2.30. The van der Waals surface area contributed by atoms with E-state index in [4.69, 9.17) is 5.26 Å². The number of rotatable bonds is 6. The molecule has 0 aliphatic heterocycles. The Kier molecular flexibility index (Phi) is 5.52. The van der Waals surface area contributed by atoms with Crippen molar-refractivity contribution >= 4 is 0 Å². The van der Waals surface area contributed by atoms with Crippen LogP contribution in [0.25, 0.3) is 0 Å². The average molecular weight is 217 g/mol. The van der Waals surface area contributed by atoms with Crippen molar-refractivity contribution in [2.24, 2.45) is 5.92 Å². The molecule has 1 aromatic rings. The standard InChI is InChI=1S/C13H19N3/c1-3-12(10-14)11-16(2)9-6-13-4-7-15-8-5-13/h4-5,7-8,12H,3,6,9,11H2,1-2H3. The van der Waals surface area contributed by atoms with Gasteiger partial charge < -0.3 is 4.90 Å². The molecule has 0 spiro atoms. The van der Waals surface area contributed by atoms with Crippen LogP contribution in [-0.2, 0) is 6.42 Å². The van der Waals surface area contributed by atoms with Crippen LogP contribution in [0.1, 0.15) is 18.9 Å². The van der Waals surface area contributed by atoms with E-state index in [0.29, 0.717) is 0 Å². The summed E-state index contributed by atoms with van der Waals surface area (Å²) in [6, 6.07) is 6.40. The molecule has 1 heterocycles. The van der Waals surface area contributed by atoms with Crippen molar-refractivity contribution in [3.8, 4) is 6.07 Å². The van der Waals surface area contributed by atoms with Gasteiger partial charge in [-0.3, -0.25) is 4.98 Å². The van der Waals surface area contributed by atoms with Gasteiger partial charge in [0.25, 0.3) is 0 Å². The summed E-state index contributed by atoms with van der Waals surface area (Å²) < 4.78 is 0. The van der Waals surface area contributed by atoms with Crippen molar-refractivity contribution in [2.75, 3.05) is 20.1 Å². The van der Waals surface area contributed by atoms with Gasteiger partial charge >= 0.3 is 0 Å². The third-order valence-electron chi connectivity index (χ3n) is 2.74. The zero-order chi connectivity index (χ0) is 11.8. The van der Waals surface area contributed by atoms with Gasteiger partial charge in [-0.2, -0.15) is 5.26 Å². The highest BCUT2D eigenvalue weighted by molar-refractivity contribution is 5.09. The molecule has 0 bridgehead atoms. The Hall–Kier alpha value is -1.40. The first-order valence-electron chi connectivity index (χ1n) is 5.73. The third kappa shape index (κ3) is 4.41. The SMILES string of the molecule is CCC(C#N)CN(C)CCc1ccncc1. The second-order valence-electron chi connectivity index (χ2n) is 4.10. The van der Waals surface area contributed by atoms with Crippen molar-refractivity contribution in [1.29, 1.82) is 5.26 Å². The molecule has 3 heteroatoms. The topological polar surface area (TPSA) is 39.9 Å². The molecular weight excluding hydrogens is 198 g/mol. The van der Waals surface area contributed by atoms with Crippen molar-refractivity contribution in [3.05, 3.63) is 30.1 Å². The van der Waals surface area contributed by atoms with Gasteiger partial charge in [0.05, 0.1) is 12.0 Å². The van der Waals surface area contributed by atoms with Crippen LogP contribution in [0.3, 0.4) is 0 Å². The molecule has 0 aromatic carbocycles. The Labute approximate surface area is 97.7 Å². The number of hydrogen-bond donors (Lipinski definition) is 0. The summed E-state index contributed by atoms with van der Waals surface area (Å²) in [6.07, 6.45) is 5.58. The highest BCUT2D eigenvalue weighted by atomic mass is 15.1. The first-order valence-corrected chi connectivity index (χ1v) is 5.73. The second-order valence-corrected chi connectivity index (χ2v) is 4.10. The van der Waals surface area contributed by atoms with Crippen molar-refractivity contribution < 1.29 is 0 Å². The predicted octanol–water partition coefficient (Wildman–Crippen LogP) is 2.11. The van der Waals surface area contributed by atoms with Gasteiger partial charge in [0.15, 0.2) is 0 Å². The molecule has 1 rings (SSSR count). The van der Waals surface area contributed by atoms with Crippen molar-refractivity contribution in [2.45, 2.75) is 19.8 Å². The second kappa shape index (κ2) is 6.97. The normalized spacial score (nSPS) is 12.4. The van der Waals surface area contributed by atoms with Crippen molar-refractivity contribution in [1.82, 2.24) is 9.88 Å². The van der Waals surface area contributed by atoms with Crippen LogP contribution in [0.5, 0.6) is 0 Å². The number of likely N-dealkylation sites (N-methyl/N-ethyl adjacent to an activating group) is 1. The van der Waals surface area contributed by atoms with E-state index in [9.17, 15) is 0 Å². The number of pyridine rings is 1. The van der Waals surface area contributed by atoms with Crippen LogP contribution >= 0.6 is 0 Å². The molecule has 16 heavy (non-hydrogen) atoms. The predicted molar refractivity (Wildman–Crippen MR) is 64.8 cm³/mol. The van der Waals surface area contributed by atoms with E-state index in [-0.39, 0.29) is 5.92 Å². The van der Waals surface area contributed by atoms with Gasteiger partial charge in [-0.05, 0) is 37.6 Å². The molecule has 0 radical (unpaired) electrons. The lowest BCUT2D eigenvalue weighted by Gasteiger charge is -2.18. The summed E-state index contributed by atoms with van der Waals surface area (Å²) in [5.74, 6) is 0.155. The Morgan fingerprint density at radius 3 is 2.69 bits per heavy atom. The first kappa shape index (κ1) is 12.7. The maximum absolute atomic E-state index is 8.88. The van der Waals surface area contributed by atoms with Gasteiger partial charge in [0.2, 0.25) is 0 Å². The van der Waals surface area contributed by atoms with Crippen molar-refractivity contribution in [3.63, 3.8) is 0 Å². The highest BCUT2D eigenvalue weighted by Crippen LogP contribution is 2.04. The fourth-order valence-corrected chi connectivity index (χ4v) is 1.60. The Bertz CT molecular complexity index is 329. The summed E-state index contributed by atoms with van der Waals surface area (Å²) in [4.78, 5) is 6.21. The van der Waals surface area contributed by atoms with E-state index in [2.05, 4.69) is 29.9 Å². The van der Waals surface area contributed by atoms with Gasteiger partial charge in [-0.25, -0.2) is 0 Å². The minimum absolute atomic E-state index is 0.155. The van der Waals surface area contributed by atoms with Gasteiger partial charge in [0.1, 0.15) is 0 Å². The Morgan fingerprint density at radius 2 is 2.12 bits per heavy atom. The highest BCUT2D eigenvalue weighted by Gasteiger charge is 2.08. The van der Waals surface area contributed by atoms with E-state index >= 15 is 0 Å². The quantitative estimate of drug-likeness (QED) is 0.732. The minimum Gasteiger partial charge on any atom is -0.305 e. The van der Waals surface area contributed by atoms with Crippen LogP contribution < -0.4 is 0 Å². The fourth-order valence-electron chi connectivity index (χ4n) is 1.60. The van der Waals surface area contributed by atoms with Gasteiger partial charge in [0, 0.05) is 25.5 Å². The maximum Gasteiger partial charge on any atom is 0.0669 e. The first-order chi connectivity index (χ1) is 7.76. The third-order valence-corrected chi connectivity index (χ3v) is 2.74. The Morgan fingerprint density at radius 1 is 1.44 bits per heavy atom. The van der Waals surface area contributed by atoms with Crippen LogP contribution in [0.15, 0.2) is 24.5 Å². The number of aromatic nitrogens is 1. The van der Waals surface area contributed by atoms with Gasteiger partial charge in [-0.1, -0.05) is 6.92 Å².